The largest absolute Gasteiger partial charge is 0.493 e. The molecule has 3 aromatic carbocycles. The molecular weight excluding hydrogens is 408 g/mol. The zero-order chi connectivity index (χ0) is 22.8. The smallest absolute Gasteiger partial charge is 0.339 e. The fourth-order valence-electron chi connectivity index (χ4n) is 2.77. The molecule has 0 aliphatic carbocycles. The fourth-order valence-corrected chi connectivity index (χ4v) is 2.77. The van der Waals surface area contributed by atoms with Crippen molar-refractivity contribution in [3.63, 3.8) is 0 Å². The van der Waals surface area contributed by atoms with Gasteiger partial charge in [0.05, 0.1) is 13.3 Å². The van der Waals surface area contributed by atoms with Gasteiger partial charge in [0.2, 0.25) is 0 Å². The van der Waals surface area contributed by atoms with Crippen LogP contribution in [0, 0.1) is 6.92 Å². The van der Waals surface area contributed by atoms with Gasteiger partial charge in [-0.3, -0.25) is 4.79 Å². The first-order valence-electron chi connectivity index (χ1n) is 9.86. The minimum atomic E-state index is -0.459. The minimum absolute atomic E-state index is 0.167. The maximum atomic E-state index is 12.2. The van der Waals surface area contributed by atoms with Crippen LogP contribution in [0.2, 0.25) is 0 Å². The first-order chi connectivity index (χ1) is 15.5. The van der Waals surface area contributed by atoms with Crippen LogP contribution in [0.15, 0.2) is 77.9 Å². The predicted molar refractivity (Wildman–Crippen MR) is 124 cm³/mol. The molecule has 3 amide bonds. The molecule has 3 rings (SSSR count). The number of methoxy groups -OCH3 is 1. The second-order valence-electron chi connectivity index (χ2n) is 6.75. The third-order valence-electron chi connectivity index (χ3n) is 4.38. The summed E-state index contributed by atoms with van der Waals surface area (Å²) in [6, 6.07) is 21.2. The van der Waals surface area contributed by atoms with Crippen LogP contribution < -0.4 is 25.5 Å². The van der Waals surface area contributed by atoms with E-state index in [4.69, 9.17) is 9.47 Å². The van der Waals surface area contributed by atoms with Crippen LogP contribution >= 0.6 is 0 Å². The van der Waals surface area contributed by atoms with E-state index < -0.39 is 6.03 Å². The van der Waals surface area contributed by atoms with Crippen molar-refractivity contribution in [3.05, 3.63) is 83.9 Å². The van der Waals surface area contributed by atoms with E-state index in [2.05, 4.69) is 21.2 Å². The van der Waals surface area contributed by atoms with E-state index in [1.54, 1.807) is 30.3 Å². The van der Waals surface area contributed by atoms with E-state index in [1.807, 2.05) is 49.4 Å². The number of benzene rings is 3. The summed E-state index contributed by atoms with van der Waals surface area (Å²) in [5.41, 5.74) is 5.44. The van der Waals surface area contributed by atoms with E-state index >= 15 is 0 Å². The third kappa shape index (κ3) is 6.60. The lowest BCUT2D eigenvalue weighted by Gasteiger charge is -2.12. The highest BCUT2D eigenvalue weighted by molar-refractivity contribution is 5.92. The molecule has 0 heterocycles. The van der Waals surface area contributed by atoms with Gasteiger partial charge in [-0.1, -0.05) is 36.4 Å². The highest BCUT2D eigenvalue weighted by Gasteiger charge is 2.09. The average Bonchev–Trinajstić information content (AvgIpc) is 2.80. The molecule has 32 heavy (non-hydrogen) atoms. The van der Waals surface area contributed by atoms with Gasteiger partial charge in [0.25, 0.3) is 5.91 Å². The monoisotopic (exact) mass is 432 g/mol. The second-order valence-corrected chi connectivity index (χ2v) is 6.75. The van der Waals surface area contributed by atoms with Crippen molar-refractivity contribution >= 4 is 29.5 Å². The molecule has 0 aliphatic rings. The quantitative estimate of drug-likeness (QED) is 0.367. The van der Waals surface area contributed by atoms with E-state index in [1.165, 1.54) is 13.3 Å². The molecule has 8 nitrogen and oxygen atoms in total. The first kappa shape index (κ1) is 22.4. The van der Waals surface area contributed by atoms with E-state index in [0.717, 1.165) is 11.3 Å². The topological polar surface area (TPSA) is 101 Å². The molecule has 0 bridgehead atoms. The number of para-hydroxylation sites is 2. The predicted octanol–water partition coefficient (Wildman–Crippen LogP) is 4.18. The Morgan fingerprint density at radius 1 is 0.938 bits per heavy atom. The molecule has 0 aliphatic heterocycles. The maximum Gasteiger partial charge on any atom is 0.339 e. The Labute approximate surface area is 186 Å². The number of nitrogens with one attached hydrogen (secondary N) is 3. The van der Waals surface area contributed by atoms with Crippen LogP contribution in [0.1, 0.15) is 11.1 Å². The lowest BCUT2D eigenvalue weighted by atomic mass is 10.2. The Morgan fingerprint density at radius 2 is 1.69 bits per heavy atom. The zero-order valence-corrected chi connectivity index (χ0v) is 17.8. The van der Waals surface area contributed by atoms with Gasteiger partial charge in [0, 0.05) is 11.4 Å². The zero-order valence-electron chi connectivity index (χ0n) is 17.8. The molecule has 0 fully saturated rings. The summed E-state index contributed by atoms with van der Waals surface area (Å²) in [6.45, 7) is 1.75. The molecule has 0 aromatic heterocycles. The van der Waals surface area contributed by atoms with Crippen LogP contribution in [0.4, 0.5) is 16.2 Å². The Kier molecular flexibility index (Phi) is 7.80. The number of hydrogen-bond acceptors (Lipinski definition) is 5. The number of anilines is 2. The number of nitrogens with zero attached hydrogens (tertiary/aromatic N) is 1. The minimum Gasteiger partial charge on any atom is -0.493 e. The van der Waals surface area contributed by atoms with Gasteiger partial charge in [-0.05, 0) is 54.4 Å². The van der Waals surface area contributed by atoms with Gasteiger partial charge in [0.15, 0.2) is 18.1 Å². The Morgan fingerprint density at radius 3 is 2.44 bits per heavy atom. The molecule has 0 unspecified atom stereocenters. The van der Waals surface area contributed by atoms with Crippen molar-refractivity contribution < 1.29 is 19.1 Å². The van der Waals surface area contributed by atoms with E-state index in [-0.39, 0.29) is 12.5 Å². The van der Waals surface area contributed by atoms with Gasteiger partial charge in [0.1, 0.15) is 0 Å². The summed E-state index contributed by atoms with van der Waals surface area (Å²) >= 11 is 0. The number of carbonyl (C=O) groups excluding carboxylic acids is 2. The van der Waals surface area contributed by atoms with Gasteiger partial charge >= 0.3 is 6.03 Å². The first-order valence-corrected chi connectivity index (χ1v) is 9.86. The summed E-state index contributed by atoms with van der Waals surface area (Å²) < 4.78 is 10.9. The molecule has 0 atom stereocenters. The highest BCUT2D eigenvalue weighted by Crippen LogP contribution is 2.27. The number of carbonyl (C=O) groups is 2. The van der Waals surface area contributed by atoms with Crippen LogP contribution in [0.25, 0.3) is 0 Å². The molecule has 0 radical (unpaired) electrons. The summed E-state index contributed by atoms with van der Waals surface area (Å²) in [6.07, 6.45) is 1.47. The number of amides is 3. The molecule has 0 spiro atoms. The molecule has 0 saturated heterocycles. The standard InChI is InChI=1S/C24H24N4O4/c1-17-8-6-7-11-20(17)27-23(29)16-32-21-13-12-18(14-22(21)31-2)15-25-28-24(30)26-19-9-4-3-5-10-19/h3-15H,16H2,1-2H3,(H,27,29)(H2,26,28,30)/b25-15+. The molecular formula is C24H24N4O4. The van der Waals surface area contributed by atoms with E-state index in [9.17, 15) is 9.59 Å². The number of rotatable bonds is 8. The second kappa shape index (κ2) is 11.2. The van der Waals surface area contributed by atoms with Crippen molar-refractivity contribution in [1.82, 2.24) is 5.43 Å². The van der Waals surface area contributed by atoms with Gasteiger partial charge in [-0.25, -0.2) is 10.2 Å². The number of hydrazone groups is 1. The van der Waals surface area contributed by atoms with Crippen LogP contribution in [0.5, 0.6) is 11.5 Å². The Hall–Kier alpha value is -4.33. The number of aryl methyl sites for hydroxylation is 1. The highest BCUT2D eigenvalue weighted by atomic mass is 16.5. The summed E-state index contributed by atoms with van der Waals surface area (Å²) in [7, 11) is 1.50. The Balaban J connectivity index is 1.53. The van der Waals surface area contributed by atoms with Gasteiger partial charge in [-0.2, -0.15) is 5.10 Å². The summed E-state index contributed by atoms with van der Waals surface area (Å²) in [5.74, 6) is 0.575. The molecule has 164 valence electrons. The normalized spacial score (nSPS) is 10.4. The fraction of sp³-hybridized carbons (Fsp3) is 0.125. The van der Waals surface area contributed by atoms with Gasteiger partial charge in [-0.15, -0.1) is 0 Å². The van der Waals surface area contributed by atoms with Crippen LogP contribution in [0.3, 0.4) is 0 Å². The summed E-state index contributed by atoms with van der Waals surface area (Å²) in [5, 5.41) is 9.40. The van der Waals surface area contributed by atoms with Crippen LogP contribution in [-0.2, 0) is 4.79 Å². The third-order valence-corrected chi connectivity index (χ3v) is 4.38. The van der Waals surface area contributed by atoms with Crippen molar-refractivity contribution in [3.8, 4) is 11.5 Å². The van der Waals surface area contributed by atoms with Crippen molar-refractivity contribution in [2.75, 3.05) is 24.4 Å². The van der Waals surface area contributed by atoms with Crippen molar-refractivity contribution in [2.24, 2.45) is 5.10 Å². The summed E-state index contributed by atoms with van der Waals surface area (Å²) in [4.78, 5) is 24.1. The molecule has 0 saturated carbocycles. The van der Waals surface area contributed by atoms with Crippen molar-refractivity contribution in [2.45, 2.75) is 6.92 Å². The lowest BCUT2D eigenvalue weighted by molar-refractivity contribution is -0.118. The Bertz CT molecular complexity index is 1100. The number of ether oxygens (including phenoxy) is 2. The van der Waals surface area contributed by atoms with Gasteiger partial charge < -0.3 is 20.1 Å². The van der Waals surface area contributed by atoms with E-state index in [0.29, 0.717) is 22.7 Å². The van der Waals surface area contributed by atoms with Crippen LogP contribution in [-0.4, -0.2) is 31.9 Å². The number of hydrogen-bond donors (Lipinski definition) is 3. The average molecular weight is 432 g/mol. The maximum absolute atomic E-state index is 12.2. The number of urea groups is 1. The van der Waals surface area contributed by atoms with Crippen molar-refractivity contribution in [1.29, 1.82) is 0 Å². The lowest BCUT2D eigenvalue weighted by Crippen LogP contribution is -2.24. The molecule has 3 aromatic rings. The molecule has 3 N–H and O–H groups in total. The molecule has 8 heteroatoms. The SMILES string of the molecule is COc1cc(/C=N/NC(=O)Nc2ccccc2)ccc1OCC(=O)Nc1ccccc1C.